The van der Waals surface area contributed by atoms with Gasteiger partial charge in [-0.25, -0.2) is 0 Å². The van der Waals surface area contributed by atoms with Crippen LogP contribution in [0.2, 0.25) is 0 Å². The summed E-state index contributed by atoms with van der Waals surface area (Å²) in [7, 11) is 0. The number of hydrogen-bond donors (Lipinski definition) is 0. The standard InChI is InChI=1S/C18H21N3O2/c1-18(2,3)14-6-4-13(5-7-14)16-20-15(12-19)17(23-16)21-8-10-22-11-9-21/h4-7H,8-11H2,1-3H3. The number of nitrogens with zero attached hydrogens (tertiary/aromatic N) is 3. The van der Waals surface area contributed by atoms with E-state index in [1.807, 2.05) is 17.0 Å². The van der Waals surface area contributed by atoms with Crippen molar-refractivity contribution in [3.8, 4) is 17.5 Å². The Morgan fingerprint density at radius 1 is 1.13 bits per heavy atom. The molecule has 2 aromatic rings. The topological polar surface area (TPSA) is 62.3 Å². The summed E-state index contributed by atoms with van der Waals surface area (Å²) in [5.41, 5.74) is 2.57. The maximum Gasteiger partial charge on any atom is 0.235 e. The number of anilines is 1. The lowest BCUT2D eigenvalue weighted by molar-refractivity contribution is 0.121. The van der Waals surface area contributed by atoms with E-state index in [-0.39, 0.29) is 5.41 Å². The van der Waals surface area contributed by atoms with Crippen molar-refractivity contribution < 1.29 is 9.15 Å². The van der Waals surface area contributed by atoms with E-state index in [1.165, 1.54) is 5.56 Å². The van der Waals surface area contributed by atoms with Crippen molar-refractivity contribution in [1.82, 2.24) is 4.98 Å². The van der Waals surface area contributed by atoms with Crippen molar-refractivity contribution in [1.29, 1.82) is 5.26 Å². The van der Waals surface area contributed by atoms with Crippen LogP contribution in [0.15, 0.2) is 28.7 Å². The molecule has 0 bridgehead atoms. The average Bonchev–Trinajstić information content (AvgIpc) is 2.99. The fourth-order valence-electron chi connectivity index (χ4n) is 2.60. The van der Waals surface area contributed by atoms with E-state index in [9.17, 15) is 5.26 Å². The molecule has 1 aliphatic rings. The normalized spacial score (nSPS) is 15.5. The smallest absolute Gasteiger partial charge is 0.235 e. The second kappa shape index (κ2) is 6.05. The molecule has 120 valence electrons. The minimum atomic E-state index is 0.103. The highest BCUT2D eigenvalue weighted by Crippen LogP contribution is 2.30. The third kappa shape index (κ3) is 3.22. The SMILES string of the molecule is CC(C)(C)c1ccc(-c2nc(C#N)c(N3CCOCC3)o2)cc1. The predicted molar refractivity (Wildman–Crippen MR) is 88.4 cm³/mol. The van der Waals surface area contributed by atoms with Gasteiger partial charge in [-0.15, -0.1) is 0 Å². The van der Waals surface area contributed by atoms with Crippen LogP contribution in [0.5, 0.6) is 0 Å². The van der Waals surface area contributed by atoms with Crippen LogP contribution in [0.25, 0.3) is 11.5 Å². The second-order valence-electron chi connectivity index (χ2n) is 6.71. The van der Waals surface area contributed by atoms with E-state index < -0.39 is 0 Å². The summed E-state index contributed by atoms with van der Waals surface area (Å²) in [5.74, 6) is 1.04. The Balaban J connectivity index is 1.91. The lowest BCUT2D eigenvalue weighted by atomic mass is 9.87. The van der Waals surface area contributed by atoms with Crippen molar-refractivity contribution in [3.63, 3.8) is 0 Å². The summed E-state index contributed by atoms with van der Waals surface area (Å²) >= 11 is 0. The number of benzene rings is 1. The third-order valence-electron chi connectivity index (χ3n) is 4.01. The van der Waals surface area contributed by atoms with Crippen LogP contribution in [0.4, 0.5) is 5.88 Å². The number of ether oxygens (including phenoxy) is 1. The third-order valence-corrected chi connectivity index (χ3v) is 4.01. The summed E-state index contributed by atoms with van der Waals surface area (Å²) in [6.07, 6.45) is 0. The maximum absolute atomic E-state index is 9.33. The van der Waals surface area contributed by atoms with Crippen LogP contribution in [0.1, 0.15) is 32.0 Å². The van der Waals surface area contributed by atoms with Crippen LogP contribution in [-0.2, 0) is 10.2 Å². The number of morpholine rings is 1. The van der Waals surface area contributed by atoms with E-state index in [1.54, 1.807) is 0 Å². The molecule has 0 amide bonds. The van der Waals surface area contributed by atoms with Gasteiger partial charge in [0.2, 0.25) is 17.5 Å². The quantitative estimate of drug-likeness (QED) is 0.851. The molecule has 0 N–H and O–H groups in total. The van der Waals surface area contributed by atoms with Crippen molar-refractivity contribution in [2.24, 2.45) is 0 Å². The van der Waals surface area contributed by atoms with Gasteiger partial charge in [-0.2, -0.15) is 10.2 Å². The van der Waals surface area contributed by atoms with Gasteiger partial charge in [0.15, 0.2) is 0 Å². The number of oxazole rings is 1. The van der Waals surface area contributed by atoms with Gasteiger partial charge in [0, 0.05) is 18.7 Å². The molecule has 1 fully saturated rings. The lowest BCUT2D eigenvalue weighted by Gasteiger charge is -2.26. The van der Waals surface area contributed by atoms with Crippen LogP contribution < -0.4 is 4.90 Å². The Morgan fingerprint density at radius 3 is 2.35 bits per heavy atom. The molecule has 0 spiro atoms. The van der Waals surface area contributed by atoms with Gasteiger partial charge >= 0.3 is 0 Å². The van der Waals surface area contributed by atoms with E-state index >= 15 is 0 Å². The molecule has 23 heavy (non-hydrogen) atoms. The first-order chi connectivity index (χ1) is 11.0. The number of aromatic nitrogens is 1. The van der Waals surface area contributed by atoms with Crippen molar-refractivity contribution in [2.75, 3.05) is 31.2 Å². The van der Waals surface area contributed by atoms with Crippen molar-refractivity contribution >= 4 is 5.88 Å². The molecule has 5 heteroatoms. The minimum Gasteiger partial charge on any atom is -0.419 e. The largest absolute Gasteiger partial charge is 0.419 e. The minimum absolute atomic E-state index is 0.103. The number of nitriles is 1. The van der Waals surface area contributed by atoms with Crippen LogP contribution in [0.3, 0.4) is 0 Å². The molecule has 3 rings (SSSR count). The summed E-state index contributed by atoms with van der Waals surface area (Å²) in [6.45, 7) is 9.24. The first-order valence-corrected chi connectivity index (χ1v) is 7.83. The highest BCUT2D eigenvalue weighted by molar-refractivity contribution is 5.60. The van der Waals surface area contributed by atoms with E-state index in [2.05, 4.69) is 44.0 Å². The fraction of sp³-hybridized carbons (Fsp3) is 0.444. The number of hydrogen-bond acceptors (Lipinski definition) is 5. The molecule has 0 unspecified atom stereocenters. The Hall–Kier alpha value is -2.32. The highest BCUT2D eigenvalue weighted by Gasteiger charge is 2.22. The van der Waals surface area contributed by atoms with E-state index in [4.69, 9.17) is 9.15 Å². The summed E-state index contributed by atoms with van der Waals surface area (Å²) in [4.78, 5) is 6.37. The molecule has 0 aliphatic carbocycles. The Labute approximate surface area is 136 Å². The molecule has 2 heterocycles. The molecule has 1 aromatic carbocycles. The summed E-state index contributed by atoms with van der Waals surface area (Å²) < 4.78 is 11.2. The zero-order valence-corrected chi connectivity index (χ0v) is 13.8. The van der Waals surface area contributed by atoms with Gasteiger partial charge in [-0.3, -0.25) is 0 Å². The fourth-order valence-corrected chi connectivity index (χ4v) is 2.60. The molecule has 1 saturated heterocycles. The Kier molecular flexibility index (Phi) is 4.10. The summed E-state index contributed by atoms with van der Waals surface area (Å²) in [6, 6.07) is 10.3. The van der Waals surface area contributed by atoms with E-state index in [0.29, 0.717) is 43.8 Å². The molecule has 1 aliphatic heterocycles. The molecular formula is C18H21N3O2. The second-order valence-corrected chi connectivity index (χ2v) is 6.71. The molecular weight excluding hydrogens is 290 g/mol. The van der Waals surface area contributed by atoms with Gasteiger partial charge < -0.3 is 14.1 Å². The monoisotopic (exact) mass is 311 g/mol. The summed E-state index contributed by atoms with van der Waals surface area (Å²) in [5, 5.41) is 9.33. The molecule has 5 nitrogen and oxygen atoms in total. The Morgan fingerprint density at radius 2 is 1.78 bits per heavy atom. The molecule has 0 saturated carbocycles. The van der Waals surface area contributed by atoms with Gasteiger partial charge in [0.05, 0.1) is 13.2 Å². The number of rotatable bonds is 2. The van der Waals surface area contributed by atoms with Crippen molar-refractivity contribution in [3.05, 3.63) is 35.5 Å². The van der Waals surface area contributed by atoms with Gasteiger partial charge in [0.25, 0.3) is 0 Å². The average molecular weight is 311 g/mol. The van der Waals surface area contributed by atoms with E-state index in [0.717, 1.165) is 5.56 Å². The van der Waals surface area contributed by atoms with Gasteiger partial charge in [0.1, 0.15) is 6.07 Å². The van der Waals surface area contributed by atoms with Crippen LogP contribution >= 0.6 is 0 Å². The molecule has 0 atom stereocenters. The van der Waals surface area contributed by atoms with Crippen molar-refractivity contribution in [2.45, 2.75) is 26.2 Å². The first kappa shape index (κ1) is 15.6. The van der Waals surface area contributed by atoms with Gasteiger partial charge in [-0.1, -0.05) is 32.9 Å². The van der Waals surface area contributed by atoms with Crippen LogP contribution in [0, 0.1) is 11.3 Å². The molecule has 1 aromatic heterocycles. The predicted octanol–water partition coefficient (Wildman–Crippen LogP) is 3.35. The lowest BCUT2D eigenvalue weighted by Crippen LogP contribution is -2.36. The molecule has 0 radical (unpaired) electrons. The van der Waals surface area contributed by atoms with Crippen LogP contribution in [-0.4, -0.2) is 31.3 Å². The maximum atomic E-state index is 9.33. The zero-order valence-electron chi connectivity index (χ0n) is 13.8. The van der Waals surface area contributed by atoms with Gasteiger partial charge in [-0.05, 0) is 23.1 Å². The zero-order chi connectivity index (χ0) is 16.4. The highest BCUT2D eigenvalue weighted by atomic mass is 16.5. The Bertz CT molecular complexity index is 714. The first-order valence-electron chi connectivity index (χ1n) is 7.83.